The molecule has 33 heavy (non-hydrogen) atoms. The summed E-state index contributed by atoms with van der Waals surface area (Å²) in [4.78, 5) is 13.9. The number of hydrogen-bond acceptors (Lipinski definition) is 3. The number of aromatic hydroxyl groups is 1. The molecule has 3 aromatic carbocycles. The van der Waals surface area contributed by atoms with Crippen molar-refractivity contribution >= 4 is 5.57 Å². The number of nitrogens with one attached hydrogen (secondary N) is 1. The van der Waals surface area contributed by atoms with Crippen LogP contribution in [0.3, 0.4) is 0 Å². The summed E-state index contributed by atoms with van der Waals surface area (Å²) >= 11 is 0. The van der Waals surface area contributed by atoms with Crippen LogP contribution in [0.1, 0.15) is 35.6 Å². The maximum absolute atomic E-state index is 13.9. The fourth-order valence-corrected chi connectivity index (χ4v) is 5.35. The predicted molar refractivity (Wildman–Crippen MR) is 130 cm³/mol. The van der Waals surface area contributed by atoms with Gasteiger partial charge in [-0.05, 0) is 65.8 Å². The molecule has 4 aromatic rings. The van der Waals surface area contributed by atoms with Crippen molar-refractivity contribution in [3.05, 3.63) is 118 Å². The quantitative estimate of drug-likeness (QED) is 0.487. The van der Waals surface area contributed by atoms with Crippen molar-refractivity contribution in [2.24, 2.45) is 0 Å². The molecule has 5 heteroatoms. The lowest BCUT2D eigenvalue weighted by Crippen LogP contribution is -2.34. The molecule has 1 aliphatic carbocycles. The van der Waals surface area contributed by atoms with Crippen LogP contribution in [0, 0.1) is 0 Å². The highest BCUT2D eigenvalue weighted by Gasteiger charge is 2.35. The van der Waals surface area contributed by atoms with Gasteiger partial charge in [0.1, 0.15) is 5.56 Å². The predicted octanol–water partition coefficient (Wildman–Crippen LogP) is 4.77. The first-order chi connectivity index (χ1) is 16.2. The second-order valence-corrected chi connectivity index (χ2v) is 8.64. The van der Waals surface area contributed by atoms with Gasteiger partial charge < -0.3 is 10.4 Å². The average molecular weight is 436 g/mol. The second-order valence-electron chi connectivity index (χ2n) is 8.64. The molecule has 0 saturated carbocycles. The lowest BCUT2D eigenvalue weighted by atomic mass is 9.78. The van der Waals surface area contributed by atoms with Crippen LogP contribution in [0.5, 0.6) is 5.88 Å². The molecule has 2 heterocycles. The number of rotatable bonds is 3. The number of aromatic nitrogens is 2. The Kier molecular flexibility index (Phi) is 4.77. The van der Waals surface area contributed by atoms with Gasteiger partial charge >= 0.3 is 0 Å². The highest BCUT2D eigenvalue weighted by molar-refractivity contribution is 5.75. The number of para-hydroxylation sites is 2. The Hall–Kier alpha value is -3.83. The van der Waals surface area contributed by atoms with E-state index in [0.717, 1.165) is 31.5 Å². The van der Waals surface area contributed by atoms with Crippen molar-refractivity contribution in [2.75, 3.05) is 6.54 Å². The van der Waals surface area contributed by atoms with E-state index in [1.807, 2.05) is 60.7 Å². The van der Waals surface area contributed by atoms with E-state index in [1.165, 1.54) is 22.3 Å². The third-order valence-electron chi connectivity index (χ3n) is 6.82. The lowest BCUT2D eigenvalue weighted by Gasteiger charge is -2.33. The summed E-state index contributed by atoms with van der Waals surface area (Å²) in [6, 6.07) is 27.3. The third-order valence-corrected chi connectivity index (χ3v) is 6.82. The van der Waals surface area contributed by atoms with Gasteiger partial charge in [0.25, 0.3) is 5.56 Å². The second kappa shape index (κ2) is 7.94. The highest BCUT2D eigenvalue weighted by Crippen LogP contribution is 2.43. The molecule has 0 fully saturated rings. The third kappa shape index (κ3) is 3.16. The van der Waals surface area contributed by atoms with Crippen LogP contribution in [-0.2, 0) is 6.42 Å². The van der Waals surface area contributed by atoms with Gasteiger partial charge in [-0.25, -0.2) is 9.36 Å². The van der Waals surface area contributed by atoms with Gasteiger partial charge in [0.2, 0.25) is 5.88 Å². The zero-order valence-corrected chi connectivity index (χ0v) is 18.2. The van der Waals surface area contributed by atoms with Crippen LogP contribution >= 0.6 is 0 Å². The molecule has 2 aliphatic rings. The molecule has 1 aliphatic heterocycles. The molecule has 0 bridgehead atoms. The van der Waals surface area contributed by atoms with Gasteiger partial charge in [0.05, 0.1) is 17.4 Å². The maximum Gasteiger partial charge on any atom is 0.280 e. The van der Waals surface area contributed by atoms with Crippen molar-refractivity contribution in [3.63, 3.8) is 0 Å². The molecule has 0 amide bonds. The van der Waals surface area contributed by atoms with Gasteiger partial charge in [-0.3, -0.25) is 4.79 Å². The Bertz CT molecular complexity index is 1410. The first kappa shape index (κ1) is 19.8. The normalized spacial score (nSPS) is 17.5. The van der Waals surface area contributed by atoms with Crippen LogP contribution < -0.4 is 10.9 Å². The number of nitrogens with zero attached hydrogens (tertiary/aromatic N) is 2. The molecule has 5 nitrogen and oxygen atoms in total. The molecule has 164 valence electrons. The van der Waals surface area contributed by atoms with E-state index in [4.69, 9.17) is 0 Å². The molecule has 1 aromatic heterocycles. The summed E-state index contributed by atoms with van der Waals surface area (Å²) in [6.45, 7) is 0.762. The first-order valence-corrected chi connectivity index (χ1v) is 11.5. The molecule has 1 atom stereocenters. The van der Waals surface area contributed by atoms with E-state index in [0.29, 0.717) is 11.3 Å². The average Bonchev–Trinajstić information content (AvgIpc) is 3.14. The van der Waals surface area contributed by atoms with Crippen molar-refractivity contribution < 1.29 is 5.11 Å². The molecule has 0 spiro atoms. The van der Waals surface area contributed by atoms with Crippen LogP contribution in [-0.4, -0.2) is 21.0 Å². The minimum atomic E-state index is -0.311. The largest absolute Gasteiger partial charge is 0.493 e. The Morgan fingerprint density at radius 3 is 2.12 bits per heavy atom. The fourth-order valence-electron chi connectivity index (χ4n) is 5.35. The molecule has 0 saturated heterocycles. The highest BCUT2D eigenvalue weighted by atomic mass is 16.3. The van der Waals surface area contributed by atoms with Gasteiger partial charge in [0, 0.05) is 6.54 Å². The SMILES string of the molecule is O=c1c(C2NCCC3=C2CCc2ccccc23)c(O)n(-c2ccccc2)n1-c1ccccc1. The standard InChI is InChI=1S/C28H25N3O2/c32-27-25(26-24-16-15-19-9-7-8-14-22(19)23(24)17-18-29-26)28(33)31(21-12-5-2-6-13-21)30(27)20-10-3-1-4-11-20/h1-14,26,29,32H,15-18H2. The van der Waals surface area contributed by atoms with E-state index in [9.17, 15) is 9.90 Å². The fraction of sp³-hybridized carbons (Fsp3) is 0.179. The molecule has 0 radical (unpaired) electrons. The van der Waals surface area contributed by atoms with E-state index in [2.05, 4.69) is 29.6 Å². The van der Waals surface area contributed by atoms with Gasteiger partial charge in [-0.1, -0.05) is 60.7 Å². The van der Waals surface area contributed by atoms with E-state index in [1.54, 1.807) is 9.36 Å². The Balaban J connectivity index is 1.59. The maximum atomic E-state index is 13.9. The van der Waals surface area contributed by atoms with E-state index < -0.39 is 0 Å². The van der Waals surface area contributed by atoms with Crippen molar-refractivity contribution in [3.8, 4) is 17.3 Å². The number of fused-ring (bicyclic) bond motifs is 2. The molecule has 2 N–H and O–H groups in total. The van der Waals surface area contributed by atoms with E-state index >= 15 is 0 Å². The van der Waals surface area contributed by atoms with Gasteiger partial charge in [-0.15, -0.1) is 0 Å². The monoisotopic (exact) mass is 435 g/mol. The minimum absolute atomic E-state index is 0.0137. The summed E-state index contributed by atoms with van der Waals surface area (Å²) in [5.74, 6) is -0.0137. The zero-order valence-electron chi connectivity index (χ0n) is 18.2. The lowest BCUT2D eigenvalue weighted by molar-refractivity contribution is 0.412. The van der Waals surface area contributed by atoms with Crippen LogP contribution in [0.15, 0.2) is 95.3 Å². The smallest absolute Gasteiger partial charge is 0.280 e. The summed E-state index contributed by atoms with van der Waals surface area (Å²) in [6.07, 6.45) is 2.75. The molecule has 1 unspecified atom stereocenters. The number of benzene rings is 3. The summed E-state index contributed by atoms with van der Waals surface area (Å²) in [5, 5.41) is 15.1. The van der Waals surface area contributed by atoms with Crippen LogP contribution in [0.4, 0.5) is 0 Å². The number of aryl methyl sites for hydroxylation is 1. The van der Waals surface area contributed by atoms with Gasteiger partial charge in [-0.2, -0.15) is 0 Å². The Morgan fingerprint density at radius 1 is 0.758 bits per heavy atom. The van der Waals surface area contributed by atoms with Crippen LogP contribution in [0.25, 0.3) is 16.9 Å². The van der Waals surface area contributed by atoms with Crippen molar-refractivity contribution in [2.45, 2.75) is 25.3 Å². The van der Waals surface area contributed by atoms with E-state index in [-0.39, 0.29) is 17.5 Å². The molecular weight excluding hydrogens is 410 g/mol. The Labute approximate surface area is 192 Å². The Morgan fingerprint density at radius 2 is 1.39 bits per heavy atom. The summed E-state index contributed by atoms with van der Waals surface area (Å²) < 4.78 is 3.20. The minimum Gasteiger partial charge on any atom is -0.493 e. The molecular formula is C28H25N3O2. The summed E-state index contributed by atoms with van der Waals surface area (Å²) in [5.41, 5.74) is 6.85. The topological polar surface area (TPSA) is 59.2 Å². The first-order valence-electron chi connectivity index (χ1n) is 11.5. The van der Waals surface area contributed by atoms with Crippen molar-refractivity contribution in [1.29, 1.82) is 0 Å². The van der Waals surface area contributed by atoms with Gasteiger partial charge in [0.15, 0.2) is 0 Å². The molecule has 6 rings (SSSR count). The number of hydrogen-bond donors (Lipinski definition) is 2. The summed E-state index contributed by atoms with van der Waals surface area (Å²) in [7, 11) is 0. The van der Waals surface area contributed by atoms with Crippen molar-refractivity contribution in [1.82, 2.24) is 14.7 Å². The zero-order chi connectivity index (χ0) is 22.4. The van der Waals surface area contributed by atoms with Crippen LogP contribution in [0.2, 0.25) is 0 Å².